The van der Waals surface area contributed by atoms with Crippen molar-refractivity contribution in [2.24, 2.45) is 5.92 Å². The lowest BCUT2D eigenvalue weighted by molar-refractivity contribution is -0.144. The Labute approximate surface area is 148 Å². The second-order valence-corrected chi connectivity index (χ2v) is 6.63. The molecule has 7 nitrogen and oxygen atoms in total. The monoisotopic (exact) mass is 358 g/mol. The van der Waals surface area contributed by atoms with E-state index in [1.165, 1.54) is 35.2 Å². The minimum atomic E-state index is -0.358. The summed E-state index contributed by atoms with van der Waals surface area (Å²) in [5.74, 6) is -0.645. The number of anilines is 1. The second kappa shape index (κ2) is 7.43. The van der Waals surface area contributed by atoms with Crippen LogP contribution in [0.4, 0.5) is 5.13 Å². The van der Waals surface area contributed by atoms with Crippen LogP contribution in [0.15, 0.2) is 41.3 Å². The Kier molecular flexibility index (Phi) is 5.08. The van der Waals surface area contributed by atoms with E-state index < -0.39 is 0 Å². The van der Waals surface area contributed by atoms with Gasteiger partial charge in [0.05, 0.1) is 13.0 Å². The topological polar surface area (TPSA) is 85.6 Å². The number of nitrogens with zero attached hydrogens (tertiary/aromatic N) is 3. The van der Waals surface area contributed by atoms with E-state index >= 15 is 0 Å². The van der Waals surface area contributed by atoms with E-state index in [9.17, 15) is 9.59 Å². The zero-order chi connectivity index (χ0) is 17.8. The molecule has 3 rings (SSSR count). The molecular formula is C17H18N4O3S. The van der Waals surface area contributed by atoms with Crippen LogP contribution in [0.5, 0.6) is 0 Å². The molecule has 130 valence electrons. The van der Waals surface area contributed by atoms with E-state index in [1.807, 2.05) is 25.1 Å². The molecule has 25 heavy (non-hydrogen) atoms. The Morgan fingerprint density at radius 1 is 1.40 bits per heavy atom. The molecule has 3 aromatic rings. The lowest BCUT2D eigenvalue weighted by Crippen LogP contribution is -2.26. The summed E-state index contributed by atoms with van der Waals surface area (Å²) in [5.41, 5.74) is 1.98. The van der Waals surface area contributed by atoms with Crippen molar-refractivity contribution in [3.05, 3.63) is 58.0 Å². The van der Waals surface area contributed by atoms with Gasteiger partial charge in [-0.15, -0.1) is 5.10 Å². The summed E-state index contributed by atoms with van der Waals surface area (Å²) in [6.07, 6.45) is 2.01. The molecular weight excluding hydrogens is 340 g/mol. The number of hydrogen-bond acceptors (Lipinski definition) is 7. The van der Waals surface area contributed by atoms with Crippen molar-refractivity contribution in [2.45, 2.75) is 13.3 Å². The van der Waals surface area contributed by atoms with Crippen LogP contribution in [-0.2, 0) is 16.0 Å². The highest BCUT2D eigenvalue weighted by Crippen LogP contribution is 2.18. The predicted octanol–water partition coefficient (Wildman–Crippen LogP) is 1.90. The number of rotatable bonds is 6. The van der Waals surface area contributed by atoms with E-state index in [4.69, 9.17) is 4.74 Å². The molecule has 0 spiro atoms. The Hall–Kier alpha value is -2.74. The number of ether oxygens (including phenoxy) is 1. The molecule has 8 heteroatoms. The van der Waals surface area contributed by atoms with E-state index in [-0.39, 0.29) is 17.4 Å². The molecule has 1 atom stereocenters. The normalized spacial score (nSPS) is 12.1. The largest absolute Gasteiger partial charge is 0.469 e. The fourth-order valence-corrected chi connectivity index (χ4v) is 3.34. The number of aromatic nitrogens is 3. The first-order valence-corrected chi connectivity index (χ1v) is 8.60. The summed E-state index contributed by atoms with van der Waals surface area (Å²) >= 11 is 1.26. The smallest absolute Gasteiger partial charge is 0.310 e. The van der Waals surface area contributed by atoms with Gasteiger partial charge in [0.1, 0.15) is 0 Å². The third-order valence-corrected chi connectivity index (χ3v) is 4.65. The number of carbonyl (C=O) groups is 1. The quantitative estimate of drug-likeness (QED) is 0.678. The highest BCUT2D eigenvalue weighted by molar-refractivity contribution is 7.20. The molecule has 0 radical (unpaired) electrons. The molecule has 1 aromatic carbocycles. The second-order valence-electron chi connectivity index (χ2n) is 5.68. The summed E-state index contributed by atoms with van der Waals surface area (Å²) in [6, 6.07) is 9.38. The number of esters is 1. The first kappa shape index (κ1) is 17.1. The average molecular weight is 358 g/mol. The first-order chi connectivity index (χ1) is 12.1. The van der Waals surface area contributed by atoms with Gasteiger partial charge in [-0.2, -0.15) is 4.52 Å². The minimum absolute atomic E-state index is 0.237. The lowest BCUT2D eigenvalue weighted by atomic mass is 9.98. The van der Waals surface area contributed by atoms with Gasteiger partial charge in [-0.1, -0.05) is 41.2 Å². The molecule has 0 amide bonds. The van der Waals surface area contributed by atoms with Gasteiger partial charge in [0, 0.05) is 18.8 Å². The molecule has 1 N–H and O–H groups in total. The van der Waals surface area contributed by atoms with Crippen LogP contribution in [0.1, 0.15) is 11.1 Å². The Bertz CT molecular complexity index is 950. The van der Waals surface area contributed by atoms with Crippen molar-refractivity contribution < 1.29 is 9.53 Å². The summed E-state index contributed by atoms with van der Waals surface area (Å²) in [5, 5.41) is 7.84. The molecule has 0 aliphatic carbocycles. The molecule has 1 unspecified atom stereocenters. The summed E-state index contributed by atoms with van der Waals surface area (Å²) in [4.78, 5) is 28.4. The van der Waals surface area contributed by atoms with Gasteiger partial charge >= 0.3 is 5.97 Å². The van der Waals surface area contributed by atoms with E-state index in [2.05, 4.69) is 21.5 Å². The average Bonchev–Trinajstić information content (AvgIpc) is 3.02. The Balaban J connectivity index is 1.74. The van der Waals surface area contributed by atoms with Crippen LogP contribution in [0.3, 0.4) is 0 Å². The standard InChI is InChI=1S/C17H18N4O3S/c1-11-4-3-5-12(8-11)9-13(15(23)24-2)10-19-16-20-21-14(22)6-7-18-17(21)25-16/h3-8,13H,9-10H2,1-2H3,(H,19,20). The molecule has 2 heterocycles. The van der Waals surface area contributed by atoms with Crippen molar-refractivity contribution in [1.82, 2.24) is 14.6 Å². The first-order valence-electron chi connectivity index (χ1n) is 7.79. The molecule has 0 aliphatic rings. The van der Waals surface area contributed by atoms with Gasteiger partial charge in [-0.3, -0.25) is 9.59 Å². The number of carbonyl (C=O) groups excluding carboxylic acids is 1. The number of hydrogen-bond donors (Lipinski definition) is 1. The SMILES string of the molecule is COC(=O)C(CNc1nn2c(=O)ccnc2s1)Cc1cccc(C)c1. The van der Waals surface area contributed by atoms with Gasteiger partial charge < -0.3 is 10.1 Å². The van der Waals surface area contributed by atoms with Gasteiger partial charge in [0.15, 0.2) is 0 Å². The van der Waals surface area contributed by atoms with Crippen molar-refractivity contribution in [2.75, 3.05) is 19.0 Å². The van der Waals surface area contributed by atoms with E-state index in [0.29, 0.717) is 23.1 Å². The summed E-state index contributed by atoms with van der Waals surface area (Å²) in [6.45, 7) is 2.37. The number of nitrogens with one attached hydrogen (secondary N) is 1. The maximum absolute atomic E-state index is 12.1. The highest BCUT2D eigenvalue weighted by Gasteiger charge is 2.20. The Morgan fingerprint density at radius 2 is 2.24 bits per heavy atom. The molecule has 0 fully saturated rings. The van der Waals surface area contributed by atoms with Gasteiger partial charge in [-0.25, -0.2) is 4.98 Å². The van der Waals surface area contributed by atoms with Crippen molar-refractivity contribution >= 4 is 27.4 Å². The van der Waals surface area contributed by atoms with Gasteiger partial charge in [0.2, 0.25) is 10.1 Å². The number of aryl methyl sites for hydroxylation is 1. The minimum Gasteiger partial charge on any atom is -0.469 e. The third kappa shape index (κ3) is 4.03. The van der Waals surface area contributed by atoms with Crippen molar-refractivity contribution in [3.8, 4) is 0 Å². The predicted molar refractivity (Wildman–Crippen MR) is 96.0 cm³/mol. The lowest BCUT2D eigenvalue weighted by Gasteiger charge is -2.15. The Morgan fingerprint density at radius 3 is 2.96 bits per heavy atom. The van der Waals surface area contributed by atoms with Crippen LogP contribution >= 0.6 is 11.3 Å². The fourth-order valence-electron chi connectivity index (χ4n) is 2.55. The van der Waals surface area contributed by atoms with Crippen LogP contribution in [0, 0.1) is 12.8 Å². The molecule has 0 bridgehead atoms. The summed E-state index contributed by atoms with van der Waals surface area (Å²) < 4.78 is 6.15. The van der Waals surface area contributed by atoms with Crippen LogP contribution in [0.2, 0.25) is 0 Å². The molecule has 0 aliphatic heterocycles. The van der Waals surface area contributed by atoms with Crippen LogP contribution in [-0.4, -0.2) is 34.2 Å². The molecule has 0 saturated carbocycles. The van der Waals surface area contributed by atoms with E-state index in [1.54, 1.807) is 0 Å². The molecule has 2 aromatic heterocycles. The number of methoxy groups -OCH3 is 1. The summed E-state index contributed by atoms with van der Waals surface area (Å²) in [7, 11) is 1.38. The number of benzene rings is 1. The van der Waals surface area contributed by atoms with Crippen molar-refractivity contribution in [3.63, 3.8) is 0 Å². The van der Waals surface area contributed by atoms with Gasteiger partial charge in [-0.05, 0) is 18.9 Å². The van der Waals surface area contributed by atoms with E-state index in [0.717, 1.165) is 11.1 Å². The van der Waals surface area contributed by atoms with Gasteiger partial charge in [0.25, 0.3) is 5.56 Å². The van der Waals surface area contributed by atoms with Crippen molar-refractivity contribution in [1.29, 1.82) is 0 Å². The molecule has 0 saturated heterocycles. The highest BCUT2D eigenvalue weighted by atomic mass is 32.1. The number of fused-ring (bicyclic) bond motifs is 1. The zero-order valence-electron chi connectivity index (χ0n) is 13.9. The fraction of sp³-hybridized carbons (Fsp3) is 0.294. The maximum atomic E-state index is 12.1. The van der Waals surface area contributed by atoms with Crippen LogP contribution in [0.25, 0.3) is 4.96 Å². The van der Waals surface area contributed by atoms with Crippen LogP contribution < -0.4 is 10.9 Å². The third-order valence-electron chi connectivity index (χ3n) is 3.77. The maximum Gasteiger partial charge on any atom is 0.310 e. The zero-order valence-corrected chi connectivity index (χ0v) is 14.7.